The summed E-state index contributed by atoms with van der Waals surface area (Å²) in [4.78, 5) is 7.08. The van der Waals surface area contributed by atoms with Gasteiger partial charge in [0.15, 0.2) is 0 Å². The third-order valence-electron chi connectivity index (χ3n) is 5.10. The predicted molar refractivity (Wildman–Crippen MR) is 90.1 cm³/mol. The lowest BCUT2D eigenvalue weighted by atomic mass is 9.94. The van der Waals surface area contributed by atoms with Gasteiger partial charge in [0.1, 0.15) is 5.82 Å². The first-order valence-electron chi connectivity index (χ1n) is 8.80. The van der Waals surface area contributed by atoms with Crippen LogP contribution in [0.2, 0.25) is 0 Å². The molecule has 1 unspecified atom stereocenters. The van der Waals surface area contributed by atoms with Crippen LogP contribution in [0.4, 0.5) is 5.82 Å². The number of hydrogen-bond donors (Lipinski definition) is 1. The largest absolute Gasteiger partial charge is 0.381 e. The van der Waals surface area contributed by atoms with E-state index in [1.54, 1.807) is 0 Å². The molecule has 1 N–H and O–H groups in total. The summed E-state index contributed by atoms with van der Waals surface area (Å²) in [5.74, 6) is 1.83. The second kappa shape index (κ2) is 7.93. The average Bonchev–Trinajstić information content (AvgIpc) is 3.09. The fraction of sp³-hybridized carbons (Fsp3) is 0.722. The number of nitrogens with one attached hydrogen (secondary N) is 1. The molecule has 0 amide bonds. The molecule has 0 aromatic carbocycles. The molecule has 4 heteroatoms. The van der Waals surface area contributed by atoms with Gasteiger partial charge in [0.05, 0.1) is 6.61 Å². The summed E-state index contributed by atoms with van der Waals surface area (Å²) < 4.78 is 5.44. The summed E-state index contributed by atoms with van der Waals surface area (Å²) in [6.45, 7) is 3.78. The highest BCUT2D eigenvalue weighted by Gasteiger charge is 2.21. The molecule has 0 spiro atoms. The van der Waals surface area contributed by atoms with E-state index in [0.29, 0.717) is 12.0 Å². The van der Waals surface area contributed by atoms with Crippen LogP contribution in [-0.4, -0.2) is 37.8 Å². The van der Waals surface area contributed by atoms with Gasteiger partial charge >= 0.3 is 0 Å². The van der Waals surface area contributed by atoms with Crippen molar-refractivity contribution in [1.82, 2.24) is 10.3 Å². The van der Waals surface area contributed by atoms with E-state index in [-0.39, 0.29) is 0 Å². The van der Waals surface area contributed by atoms with Gasteiger partial charge in [0, 0.05) is 44.5 Å². The van der Waals surface area contributed by atoms with Crippen LogP contribution in [0, 0.1) is 5.92 Å². The summed E-state index contributed by atoms with van der Waals surface area (Å²) >= 11 is 0. The van der Waals surface area contributed by atoms with Gasteiger partial charge in [-0.25, -0.2) is 4.98 Å². The van der Waals surface area contributed by atoms with Crippen molar-refractivity contribution in [2.45, 2.75) is 51.1 Å². The number of nitrogens with zero attached hydrogens (tertiary/aromatic N) is 2. The maximum atomic E-state index is 5.44. The van der Waals surface area contributed by atoms with Crippen LogP contribution < -0.4 is 10.2 Å². The van der Waals surface area contributed by atoms with Crippen LogP contribution in [-0.2, 0) is 11.3 Å². The Morgan fingerprint density at radius 3 is 2.91 bits per heavy atom. The zero-order valence-electron chi connectivity index (χ0n) is 13.8. The Hall–Kier alpha value is -1.13. The number of pyridine rings is 1. The predicted octanol–water partition coefficient (Wildman–Crippen LogP) is 2.98. The summed E-state index contributed by atoms with van der Waals surface area (Å²) in [6, 6.07) is 4.92. The fourth-order valence-corrected chi connectivity index (χ4v) is 3.68. The van der Waals surface area contributed by atoms with Gasteiger partial charge in [0.25, 0.3) is 0 Å². The number of anilines is 1. The van der Waals surface area contributed by atoms with Crippen molar-refractivity contribution in [3.8, 4) is 0 Å². The van der Waals surface area contributed by atoms with E-state index < -0.39 is 0 Å². The van der Waals surface area contributed by atoms with Crippen molar-refractivity contribution in [1.29, 1.82) is 0 Å². The third kappa shape index (κ3) is 3.99. The van der Waals surface area contributed by atoms with Crippen LogP contribution in [0.1, 0.15) is 44.1 Å². The molecule has 22 heavy (non-hydrogen) atoms. The summed E-state index contributed by atoms with van der Waals surface area (Å²) in [5, 5.41) is 3.60. The van der Waals surface area contributed by atoms with E-state index in [4.69, 9.17) is 4.74 Å². The van der Waals surface area contributed by atoms with Crippen molar-refractivity contribution < 1.29 is 4.74 Å². The first-order chi connectivity index (χ1) is 10.8. The second-order valence-electron chi connectivity index (χ2n) is 6.75. The molecule has 0 bridgehead atoms. The molecule has 3 rings (SSSR count). The minimum atomic E-state index is 0.658. The molecule has 2 fully saturated rings. The average molecular weight is 303 g/mol. The minimum absolute atomic E-state index is 0.658. The van der Waals surface area contributed by atoms with Crippen molar-refractivity contribution >= 4 is 5.82 Å². The maximum absolute atomic E-state index is 5.44. The summed E-state index contributed by atoms with van der Waals surface area (Å²) in [6.07, 6.45) is 9.83. The van der Waals surface area contributed by atoms with E-state index >= 15 is 0 Å². The smallest absolute Gasteiger partial charge is 0.132 e. The van der Waals surface area contributed by atoms with Crippen LogP contribution in [0.15, 0.2) is 18.3 Å². The van der Waals surface area contributed by atoms with Crippen molar-refractivity contribution in [2.24, 2.45) is 5.92 Å². The zero-order chi connectivity index (χ0) is 15.2. The Labute approximate surface area is 134 Å². The van der Waals surface area contributed by atoms with E-state index in [1.807, 2.05) is 12.3 Å². The first-order valence-corrected chi connectivity index (χ1v) is 8.80. The number of hydrogen-bond acceptors (Lipinski definition) is 4. The highest BCUT2D eigenvalue weighted by Crippen LogP contribution is 2.26. The highest BCUT2D eigenvalue weighted by molar-refractivity contribution is 5.47. The van der Waals surface area contributed by atoms with Gasteiger partial charge < -0.3 is 15.0 Å². The molecule has 1 saturated carbocycles. The van der Waals surface area contributed by atoms with Crippen LogP contribution >= 0.6 is 0 Å². The van der Waals surface area contributed by atoms with Gasteiger partial charge in [-0.3, -0.25) is 0 Å². The number of ether oxygens (including phenoxy) is 1. The van der Waals surface area contributed by atoms with E-state index in [0.717, 1.165) is 32.1 Å². The maximum Gasteiger partial charge on any atom is 0.132 e. The molecule has 2 heterocycles. The number of aromatic nitrogens is 1. The lowest BCUT2D eigenvalue weighted by Gasteiger charge is -2.33. The van der Waals surface area contributed by atoms with Gasteiger partial charge in [-0.2, -0.15) is 0 Å². The van der Waals surface area contributed by atoms with Crippen LogP contribution in [0.3, 0.4) is 0 Å². The van der Waals surface area contributed by atoms with Crippen molar-refractivity contribution in [3.63, 3.8) is 0 Å². The molecule has 1 aliphatic carbocycles. The molecule has 1 aliphatic heterocycles. The molecule has 4 nitrogen and oxygen atoms in total. The van der Waals surface area contributed by atoms with Crippen LogP contribution in [0.5, 0.6) is 0 Å². The molecule has 0 radical (unpaired) electrons. The van der Waals surface area contributed by atoms with Gasteiger partial charge in [-0.1, -0.05) is 25.3 Å². The third-order valence-corrected chi connectivity index (χ3v) is 5.10. The van der Waals surface area contributed by atoms with E-state index in [1.165, 1.54) is 44.1 Å². The normalized spacial score (nSPS) is 22.9. The monoisotopic (exact) mass is 303 g/mol. The molecule has 122 valence electrons. The number of rotatable bonds is 6. The first kappa shape index (κ1) is 15.8. The Kier molecular flexibility index (Phi) is 5.68. The Balaban J connectivity index is 1.58. The molecule has 1 aromatic heterocycles. The summed E-state index contributed by atoms with van der Waals surface area (Å²) in [7, 11) is 2.21. The molecule has 1 atom stereocenters. The van der Waals surface area contributed by atoms with Crippen molar-refractivity contribution in [2.75, 3.05) is 31.7 Å². The molecular formula is C18H29N3O. The molecular weight excluding hydrogens is 274 g/mol. The SMILES string of the molecule is CN(c1ncccc1CNCC1CCOC1)C1CCCCC1. The summed E-state index contributed by atoms with van der Waals surface area (Å²) in [5.41, 5.74) is 1.31. The van der Waals surface area contributed by atoms with E-state index in [9.17, 15) is 0 Å². The van der Waals surface area contributed by atoms with Crippen molar-refractivity contribution in [3.05, 3.63) is 23.9 Å². The molecule has 2 aliphatic rings. The Bertz CT molecular complexity index is 453. The highest BCUT2D eigenvalue weighted by atomic mass is 16.5. The van der Waals surface area contributed by atoms with Gasteiger partial charge in [-0.15, -0.1) is 0 Å². The van der Waals surface area contributed by atoms with Gasteiger partial charge in [0.2, 0.25) is 0 Å². The second-order valence-corrected chi connectivity index (χ2v) is 6.75. The molecule has 1 aromatic rings. The minimum Gasteiger partial charge on any atom is -0.381 e. The Morgan fingerprint density at radius 1 is 1.27 bits per heavy atom. The van der Waals surface area contributed by atoms with Gasteiger partial charge in [-0.05, 0) is 31.2 Å². The molecule has 1 saturated heterocycles. The topological polar surface area (TPSA) is 37.4 Å². The quantitative estimate of drug-likeness (QED) is 0.877. The van der Waals surface area contributed by atoms with Crippen LogP contribution in [0.25, 0.3) is 0 Å². The Morgan fingerprint density at radius 2 is 2.14 bits per heavy atom. The van der Waals surface area contributed by atoms with E-state index in [2.05, 4.69) is 28.3 Å². The lowest BCUT2D eigenvalue weighted by molar-refractivity contribution is 0.185. The zero-order valence-corrected chi connectivity index (χ0v) is 13.8. The lowest BCUT2D eigenvalue weighted by Crippen LogP contribution is -2.35. The fourth-order valence-electron chi connectivity index (χ4n) is 3.68. The standard InChI is InChI=1S/C18H29N3O/c1-21(17-7-3-2-4-8-17)18-16(6-5-10-20-18)13-19-12-15-9-11-22-14-15/h5-6,10,15,17,19H,2-4,7-9,11-14H2,1H3.